The Labute approximate surface area is 199 Å². The Morgan fingerprint density at radius 3 is 2.24 bits per heavy atom. The van der Waals surface area contributed by atoms with E-state index in [0.717, 1.165) is 30.4 Å². The molecule has 2 aromatic rings. The van der Waals surface area contributed by atoms with Crippen LogP contribution in [0.4, 0.5) is 4.79 Å². The number of nitrogens with one attached hydrogen (secondary N) is 2. The quantitative estimate of drug-likeness (QED) is 0.540. The average molecular weight is 465 g/mol. The van der Waals surface area contributed by atoms with E-state index < -0.39 is 17.5 Å². The summed E-state index contributed by atoms with van der Waals surface area (Å²) >= 11 is 0. The maximum absolute atomic E-state index is 12.6. The number of carbonyl (C=O) groups is 3. The summed E-state index contributed by atoms with van der Waals surface area (Å²) in [6.07, 6.45) is 2.34. The number of fused-ring (bicyclic) bond motifs is 3. The zero-order valence-corrected chi connectivity index (χ0v) is 19.7. The fourth-order valence-electron chi connectivity index (χ4n) is 4.97. The molecule has 180 valence electrons. The zero-order valence-electron chi connectivity index (χ0n) is 19.7. The number of hydrogen-bond donors (Lipinski definition) is 3. The Morgan fingerprint density at radius 2 is 1.62 bits per heavy atom. The van der Waals surface area contributed by atoms with Crippen molar-refractivity contribution in [2.45, 2.75) is 51.5 Å². The van der Waals surface area contributed by atoms with Crippen LogP contribution in [0.1, 0.15) is 56.6 Å². The molecule has 0 spiro atoms. The Hall–Kier alpha value is -3.35. The van der Waals surface area contributed by atoms with Crippen LogP contribution in [-0.2, 0) is 14.3 Å². The third-order valence-corrected chi connectivity index (χ3v) is 7.06. The van der Waals surface area contributed by atoms with Crippen molar-refractivity contribution >= 4 is 18.0 Å². The normalized spacial score (nSPS) is 19.2. The Bertz CT molecular complexity index is 1030. The molecule has 2 aliphatic carbocycles. The molecule has 4 rings (SSSR count). The molecule has 0 saturated heterocycles. The van der Waals surface area contributed by atoms with Gasteiger partial charge in [-0.1, -0.05) is 55.0 Å². The maximum Gasteiger partial charge on any atom is 0.407 e. The van der Waals surface area contributed by atoms with E-state index in [0.29, 0.717) is 0 Å². The third kappa shape index (κ3) is 5.08. The van der Waals surface area contributed by atoms with Crippen LogP contribution in [0.5, 0.6) is 0 Å². The zero-order chi connectivity index (χ0) is 24.3. The van der Waals surface area contributed by atoms with E-state index in [4.69, 9.17) is 4.74 Å². The lowest BCUT2D eigenvalue weighted by molar-refractivity contribution is -0.146. The highest BCUT2D eigenvalue weighted by molar-refractivity contribution is 5.80. The van der Waals surface area contributed by atoms with E-state index in [-0.39, 0.29) is 43.4 Å². The molecule has 7 heteroatoms. The van der Waals surface area contributed by atoms with Gasteiger partial charge in [0, 0.05) is 24.9 Å². The summed E-state index contributed by atoms with van der Waals surface area (Å²) in [4.78, 5) is 36.3. The molecule has 0 aliphatic heterocycles. The lowest BCUT2D eigenvalue weighted by atomic mass is 9.93. The molecular weight excluding hydrogens is 432 g/mol. The van der Waals surface area contributed by atoms with Crippen molar-refractivity contribution in [3.05, 3.63) is 59.7 Å². The number of ether oxygens (including phenoxy) is 1. The van der Waals surface area contributed by atoms with Gasteiger partial charge in [-0.3, -0.25) is 9.59 Å². The summed E-state index contributed by atoms with van der Waals surface area (Å²) in [7, 11) is 0. The largest absolute Gasteiger partial charge is 0.481 e. The van der Waals surface area contributed by atoms with Gasteiger partial charge in [-0.15, -0.1) is 0 Å². The number of carboxylic acids is 1. The highest BCUT2D eigenvalue weighted by atomic mass is 16.5. The molecule has 0 heterocycles. The van der Waals surface area contributed by atoms with E-state index in [2.05, 4.69) is 34.9 Å². The van der Waals surface area contributed by atoms with Gasteiger partial charge in [-0.25, -0.2) is 4.79 Å². The molecule has 2 aliphatic rings. The third-order valence-electron chi connectivity index (χ3n) is 7.06. The van der Waals surface area contributed by atoms with E-state index >= 15 is 0 Å². The number of aliphatic carboxylic acids is 1. The molecule has 0 unspecified atom stereocenters. The van der Waals surface area contributed by atoms with Gasteiger partial charge >= 0.3 is 12.1 Å². The monoisotopic (exact) mass is 464 g/mol. The number of rotatable bonds is 8. The fraction of sp³-hybridized carbons (Fsp3) is 0.444. The molecule has 2 amide bonds. The van der Waals surface area contributed by atoms with Gasteiger partial charge in [0.1, 0.15) is 6.61 Å². The predicted molar refractivity (Wildman–Crippen MR) is 128 cm³/mol. The van der Waals surface area contributed by atoms with Crippen LogP contribution in [0.2, 0.25) is 0 Å². The second kappa shape index (κ2) is 9.87. The topological polar surface area (TPSA) is 105 Å². The summed E-state index contributed by atoms with van der Waals surface area (Å²) in [5.41, 5.74) is 3.66. The first-order valence-electron chi connectivity index (χ1n) is 11.9. The van der Waals surface area contributed by atoms with Gasteiger partial charge in [-0.2, -0.15) is 0 Å². The lowest BCUT2D eigenvalue weighted by Crippen LogP contribution is -2.42. The van der Waals surface area contributed by atoms with Gasteiger partial charge < -0.3 is 20.5 Å². The first kappa shape index (κ1) is 23.8. The van der Waals surface area contributed by atoms with E-state index in [1.54, 1.807) is 13.8 Å². The summed E-state index contributed by atoms with van der Waals surface area (Å²) in [6, 6.07) is 16.3. The summed E-state index contributed by atoms with van der Waals surface area (Å²) in [6.45, 7) is 3.47. The van der Waals surface area contributed by atoms with E-state index in [1.807, 2.05) is 24.3 Å². The van der Waals surface area contributed by atoms with Crippen molar-refractivity contribution < 1.29 is 24.2 Å². The molecule has 2 aromatic carbocycles. The second-order valence-electron chi connectivity index (χ2n) is 9.94. The molecule has 34 heavy (non-hydrogen) atoms. The standard InChI is InChI=1S/C27H32N2O5/c1-27(2,25(31)32)16-28-24(30)14-17-8-7-13-23(17)29-26(33)34-15-22-20-11-5-3-9-18(20)19-10-4-6-12-21(19)22/h3-6,9-12,17,22-23H,7-8,13-16H2,1-2H3,(H,28,30)(H,29,33)(H,31,32)/t17-,23+/m0/s1. The average Bonchev–Trinajstić information content (AvgIpc) is 3.38. The minimum atomic E-state index is -1.02. The molecule has 3 N–H and O–H groups in total. The molecule has 1 saturated carbocycles. The van der Waals surface area contributed by atoms with Gasteiger partial charge in [0.25, 0.3) is 0 Å². The number of alkyl carbamates (subject to hydrolysis) is 1. The minimum absolute atomic E-state index is 0.000826. The van der Waals surface area contributed by atoms with Gasteiger partial charge in [0.05, 0.1) is 5.41 Å². The van der Waals surface area contributed by atoms with Crippen molar-refractivity contribution in [3.63, 3.8) is 0 Å². The van der Waals surface area contributed by atoms with Crippen LogP contribution in [0.25, 0.3) is 11.1 Å². The van der Waals surface area contributed by atoms with Crippen LogP contribution in [0.15, 0.2) is 48.5 Å². The van der Waals surface area contributed by atoms with Crippen molar-refractivity contribution in [1.82, 2.24) is 10.6 Å². The molecule has 0 aromatic heterocycles. The number of benzene rings is 2. The highest BCUT2D eigenvalue weighted by Crippen LogP contribution is 2.44. The van der Waals surface area contributed by atoms with Crippen molar-refractivity contribution in [2.75, 3.05) is 13.2 Å². The number of carbonyl (C=O) groups excluding carboxylic acids is 2. The Balaban J connectivity index is 1.30. The Kier molecular flexibility index (Phi) is 6.91. The maximum atomic E-state index is 12.6. The van der Waals surface area contributed by atoms with E-state index in [9.17, 15) is 19.5 Å². The molecule has 2 atom stereocenters. The predicted octanol–water partition coefficient (Wildman–Crippen LogP) is 4.31. The molecular formula is C27H32N2O5. The lowest BCUT2D eigenvalue weighted by Gasteiger charge is -2.23. The first-order valence-corrected chi connectivity index (χ1v) is 11.9. The number of hydrogen-bond acceptors (Lipinski definition) is 4. The summed E-state index contributed by atoms with van der Waals surface area (Å²) < 4.78 is 5.66. The van der Waals surface area contributed by atoms with Crippen LogP contribution in [0, 0.1) is 11.3 Å². The summed E-state index contributed by atoms with van der Waals surface area (Å²) in [5, 5.41) is 14.9. The minimum Gasteiger partial charge on any atom is -0.481 e. The SMILES string of the molecule is CC(C)(CNC(=O)C[C@@H]1CCC[C@H]1NC(=O)OCC1c2ccccc2-c2ccccc21)C(=O)O. The number of carboxylic acid groups (broad SMARTS) is 1. The summed E-state index contributed by atoms with van der Waals surface area (Å²) in [5.74, 6) is -1.14. The smallest absolute Gasteiger partial charge is 0.407 e. The second-order valence-corrected chi connectivity index (χ2v) is 9.94. The van der Waals surface area contributed by atoms with Crippen LogP contribution in [0.3, 0.4) is 0 Å². The van der Waals surface area contributed by atoms with Gasteiger partial charge in [0.2, 0.25) is 5.91 Å². The first-order chi connectivity index (χ1) is 16.3. The fourth-order valence-corrected chi connectivity index (χ4v) is 4.97. The molecule has 0 bridgehead atoms. The van der Waals surface area contributed by atoms with Crippen molar-refractivity contribution in [2.24, 2.45) is 11.3 Å². The molecule has 7 nitrogen and oxygen atoms in total. The van der Waals surface area contributed by atoms with Crippen LogP contribution < -0.4 is 10.6 Å². The van der Waals surface area contributed by atoms with Crippen molar-refractivity contribution in [3.8, 4) is 11.1 Å². The molecule has 1 fully saturated rings. The Morgan fingerprint density at radius 1 is 1.00 bits per heavy atom. The van der Waals surface area contributed by atoms with Gasteiger partial charge in [0.15, 0.2) is 0 Å². The van der Waals surface area contributed by atoms with Crippen molar-refractivity contribution in [1.29, 1.82) is 0 Å². The van der Waals surface area contributed by atoms with E-state index in [1.165, 1.54) is 11.1 Å². The van der Waals surface area contributed by atoms with Gasteiger partial charge in [-0.05, 0) is 54.9 Å². The number of amides is 2. The van der Waals surface area contributed by atoms with Crippen LogP contribution in [-0.4, -0.2) is 42.3 Å². The molecule has 0 radical (unpaired) electrons. The van der Waals surface area contributed by atoms with Crippen LogP contribution >= 0.6 is 0 Å². The highest BCUT2D eigenvalue weighted by Gasteiger charge is 2.33.